The first kappa shape index (κ1) is 21.4. The fourth-order valence-corrected chi connectivity index (χ4v) is 4.21. The van der Waals surface area contributed by atoms with Crippen LogP contribution in [0.1, 0.15) is 40.4 Å². The maximum absolute atomic E-state index is 11.7. The summed E-state index contributed by atoms with van der Waals surface area (Å²) < 4.78 is 5.21. The zero-order valence-electron chi connectivity index (χ0n) is 16.6. The number of primary amides is 1. The summed E-state index contributed by atoms with van der Waals surface area (Å²) in [5.74, 6) is 0.341. The molecule has 1 amide bonds. The lowest BCUT2D eigenvalue weighted by atomic mass is 9.88. The molecule has 6 nitrogen and oxygen atoms in total. The average Bonchev–Trinajstić information content (AvgIpc) is 2.70. The van der Waals surface area contributed by atoms with Gasteiger partial charge >= 0.3 is 0 Å². The number of hydrogen-bond donors (Lipinski definition) is 3. The normalized spacial score (nSPS) is 16.5. The Kier molecular flexibility index (Phi) is 7.00. The predicted molar refractivity (Wildman–Crippen MR) is 115 cm³/mol. The van der Waals surface area contributed by atoms with Crippen molar-refractivity contribution in [1.82, 2.24) is 4.90 Å². The van der Waals surface area contributed by atoms with Gasteiger partial charge < -0.3 is 26.2 Å². The number of nitrogen functional groups attached to an aromatic ring is 1. The monoisotopic (exact) mass is 417 g/mol. The van der Waals surface area contributed by atoms with Crippen LogP contribution < -0.4 is 16.2 Å². The van der Waals surface area contributed by atoms with Crippen LogP contribution >= 0.6 is 11.6 Å². The molecule has 5 N–H and O–H groups in total. The van der Waals surface area contributed by atoms with Crippen LogP contribution in [0.3, 0.4) is 0 Å². The van der Waals surface area contributed by atoms with Gasteiger partial charge in [0.1, 0.15) is 5.75 Å². The highest BCUT2D eigenvalue weighted by molar-refractivity contribution is 6.31. The van der Waals surface area contributed by atoms with E-state index in [1.54, 1.807) is 18.2 Å². The van der Waals surface area contributed by atoms with Crippen LogP contribution in [0, 0.1) is 5.92 Å². The first-order valence-corrected chi connectivity index (χ1v) is 10.2. The maximum atomic E-state index is 11.7. The van der Waals surface area contributed by atoms with E-state index in [4.69, 9.17) is 27.8 Å². The minimum atomic E-state index is -0.601. The molecule has 7 heteroatoms. The molecule has 0 radical (unpaired) electrons. The Morgan fingerprint density at radius 3 is 2.62 bits per heavy atom. The number of benzene rings is 2. The molecule has 0 saturated carbocycles. The van der Waals surface area contributed by atoms with Crippen molar-refractivity contribution >= 4 is 23.2 Å². The van der Waals surface area contributed by atoms with Crippen molar-refractivity contribution in [1.29, 1.82) is 0 Å². The lowest BCUT2D eigenvalue weighted by Crippen LogP contribution is -2.37. The predicted octanol–water partition coefficient (Wildman–Crippen LogP) is 3.02. The topological polar surface area (TPSA) is 102 Å². The average molecular weight is 418 g/mol. The summed E-state index contributed by atoms with van der Waals surface area (Å²) in [6.45, 7) is 2.35. The van der Waals surface area contributed by atoms with Crippen molar-refractivity contribution in [3.8, 4) is 5.75 Å². The summed E-state index contributed by atoms with van der Waals surface area (Å²) in [6.07, 6.45) is 2.17. The standard InChI is InChI=1S/C22H28ClN3O3/c1-29-21-12-19(24)15(11-17(21)22(25)28)10-14-6-8-26(9-7-14)13-20(27)16-4-2-3-5-18(16)23/h2-5,11-12,14,20,27H,6-10,13,24H2,1H3,(H2,25,28). The molecule has 29 heavy (non-hydrogen) atoms. The van der Waals surface area contributed by atoms with Crippen LogP contribution in [0.15, 0.2) is 36.4 Å². The van der Waals surface area contributed by atoms with E-state index in [1.165, 1.54) is 7.11 Å². The SMILES string of the molecule is COc1cc(N)c(CC2CCN(CC(O)c3ccccc3Cl)CC2)cc1C(N)=O. The number of amides is 1. The number of rotatable bonds is 7. The van der Waals surface area contributed by atoms with E-state index in [1.807, 2.05) is 18.2 Å². The van der Waals surface area contributed by atoms with E-state index < -0.39 is 12.0 Å². The van der Waals surface area contributed by atoms with Crippen molar-refractivity contribution in [3.05, 3.63) is 58.1 Å². The van der Waals surface area contributed by atoms with Gasteiger partial charge in [-0.3, -0.25) is 4.79 Å². The molecule has 1 aliphatic rings. The van der Waals surface area contributed by atoms with E-state index in [0.29, 0.717) is 34.5 Å². The summed E-state index contributed by atoms with van der Waals surface area (Å²) in [5, 5.41) is 11.1. The Labute approximate surface area is 176 Å². The van der Waals surface area contributed by atoms with E-state index >= 15 is 0 Å². The zero-order valence-corrected chi connectivity index (χ0v) is 17.4. The van der Waals surface area contributed by atoms with E-state index in [-0.39, 0.29) is 0 Å². The van der Waals surface area contributed by atoms with E-state index in [9.17, 15) is 9.90 Å². The minimum Gasteiger partial charge on any atom is -0.496 e. The van der Waals surface area contributed by atoms with Gasteiger partial charge in [-0.05, 0) is 56.0 Å². The molecule has 1 unspecified atom stereocenters. The van der Waals surface area contributed by atoms with Crippen molar-refractivity contribution in [2.75, 3.05) is 32.5 Å². The smallest absolute Gasteiger partial charge is 0.252 e. The van der Waals surface area contributed by atoms with Gasteiger partial charge in [0.25, 0.3) is 5.91 Å². The van der Waals surface area contributed by atoms with Gasteiger partial charge in [0.05, 0.1) is 18.8 Å². The number of nitrogens with zero attached hydrogens (tertiary/aromatic N) is 1. The molecule has 0 spiro atoms. The third-order valence-electron chi connectivity index (χ3n) is 5.64. The molecule has 0 aromatic heterocycles. The molecule has 2 aromatic rings. The van der Waals surface area contributed by atoms with Crippen LogP contribution in [-0.4, -0.2) is 42.7 Å². The number of carbonyl (C=O) groups excluding carboxylic acids is 1. The number of halogens is 1. The van der Waals surface area contributed by atoms with Gasteiger partial charge in [0, 0.05) is 28.9 Å². The summed E-state index contributed by atoms with van der Waals surface area (Å²) in [4.78, 5) is 13.9. The zero-order chi connectivity index (χ0) is 21.0. The van der Waals surface area contributed by atoms with Gasteiger partial charge in [0.15, 0.2) is 0 Å². The van der Waals surface area contributed by atoms with Gasteiger partial charge in [-0.25, -0.2) is 0 Å². The Balaban J connectivity index is 1.58. The molecule has 0 bridgehead atoms. The second-order valence-corrected chi connectivity index (χ2v) is 8.01. The number of carbonyl (C=O) groups is 1. The summed E-state index contributed by atoms with van der Waals surface area (Å²) in [7, 11) is 1.49. The quantitative estimate of drug-likeness (QED) is 0.601. The molecule has 1 atom stereocenters. The molecule has 2 aromatic carbocycles. The Morgan fingerprint density at radius 2 is 2.00 bits per heavy atom. The van der Waals surface area contributed by atoms with Gasteiger partial charge in [0.2, 0.25) is 0 Å². The summed E-state index contributed by atoms with van der Waals surface area (Å²) in [5.41, 5.74) is 14.3. The molecule has 1 saturated heterocycles. The Hall–Kier alpha value is -2.28. The first-order chi connectivity index (χ1) is 13.9. The van der Waals surface area contributed by atoms with Crippen LogP contribution in [0.2, 0.25) is 5.02 Å². The fourth-order valence-electron chi connectivity index (χ4n) is 3.95. The minimum absolute atomic E-state index is 0.358. The van der Waals surface area contributed by atoms with Crippen LogP contribution in [0.4, 0.5) is 5.69 Å². The van der Waals surface area contributed by atoms with Crippen molar-refractivity contribution in [2.24, 2.45) is 11.7 Å². The highest BCUT2D eigenvalue weighted by atomic mass is 35.5. The largest absolute Gasteiger partial charge is 0.496 e. The second-order valence-electron chi connectivity index (χ2n) is 7.60. The number of anilines is 1. The number of hydrogen-bond acceptors (Lipinski definition) is 5. The number of likely N-dealkylation sites (tertiary alicyclic amines) is 1. The Bertz CT molecular complexity index is 866. The third kappa shape index (κ3) is 5.21. The van der Waals surface area contributed by atoms with Gasteiger partial charge in [-0.15, -0.1) is 0 Å². The number of β-amino-alcohol motifs (C(OH)–C–C–N with tert-alkyl or cyclic N) is 1. The summed E-state index contributed by atoms with van der Waals surface area (Å²) in [6, 6.07) is 10.8. The number of ether oxygens (including phenoxy) is 1. The fraction of sp³-hybridized carbons (Fsp3) is 0.409. The molecule has 1 fully saturated rings. The number of methoxy groups -OCH3 is 1. The number of piperidine rings is 1. The molecule has 1 heterocycles. The highest BCUT2D eigenvalue weighted by Crippen LogP contribution is 2.30. The van der Waals surface area contributed by atoms with Crippen molar-refractivity contribution in [2.45, 2.75) is 25.4 Å². The second kappa shape index (κ2) is 9.48. The van der Waals surface area contributed by atoms with Gasteiger partial charge in [-0.2, -0.15) is 0 Å². The molecule has 0 aliphatic carbocycles. The molecular formula is C22H28ClN3O3. The molecule has 3 rings (SSSR count). The van der Waals surface area contributed by atoms with Crippen LogP contribution in [-0.2, 0) is 6.42 Å². The van der Waals surface area contributed by atoms with E-state index in [0.717, 1.165) is 43.5 Å². The number of aliphatic hydroxyl groups is 1. The molecule has 1 aliphatic heterocycles. The molecule has 156 valence electrons. The number of nitrogens with two attached hydrogens (primary N) is 2. The third-order valence-corrected chi connectivity index (χ3v) is 5.98. The molecular weight excluding hydrogens is 390 g/mol. The van der Waals surface area contributed by atoms with Crippen LogP contribution in [0.25, 0.3) is 0 Å². The maximum Gasteiger partial charge on any atom is 0.252 e. The van der Waals surface area contributed by atoms with Crippen molar-refractivity contribution in [3.63, 3.8) is 0 Å². The van der Waals surface area contributed by atoms with Crippen LogP contribution in [0.5, 0.6) is 5.75 Å². The Morgan fingerprint density at radius 1 is 1.31 bits per heavy atom. The summed E-state index contributed by atoms with van der Waals surface area (Å²) >= 11 is 6.19. The first-order valence-electron chi connectivity index (χ1n) is 9.80. The van der Waals surface area contributed by atoms with Crippen molar-refractivity contribution < 1.29 is 14.6 Å². The van der Waals surface area contributed by atoms with E-state index in [2.05, 4.69) is 4.90 Å². The highest BCUT2D eigenvalue weighted by Gasteiger charge is 2.24. The number of aliphatic hydroxyl groups excluding tert-OH is 1. The lowest BCUT2D eigenvalue weighted by molar-refractivity contribution is 0.0894. The lowest BCUT2D eigenvalue weighted by Gasteiger charge is -2.33. The van der Waals surface area contributed by atoms with Gasteiger partial charge in [-0.1, -0.05) is 29.8 Å².